The number of carbonyl (C=O) groups is 5. The lowest BCUT2D eigenvalue weighted by Crippen LogP contribution is -2.47. The van der Waals surface area contributed by atoms with Crippen LogP contribution in [0.3, 0.4) is 0 Å². The number of hydrogen-bond donors (Lipinski definition) is 1. The molecule has 9 nitrogen and oxygen atoms in total. The minimum atomic E-state index is -0.682. The largest absolute Gasteiger partial charge is 0.343 e. The molecule has 3 fully saturated rings. The molecule has 1 N–H and O–H groups in total. The highest BCUT2D eigenvalue weighted by Crippen LogP contribution is 2.38. The molecule has 3 heterocycles. The molecule has 3 aliphatic heterocycles. The van der Waals surface area contributed by atoms with E-state index in [0.717, 1.165) is 5.56 Å². The van der Waals surface area contributed by atoms with E-state index in [2.05, 4.69) is 5.32 Å². The third kappa shape index (κ3) is 5.90. The lowest BCUT2D eigenvalue weighted by molar-refractivity contribution is -0.139. The van der Waals surface area contributed by atoms with Crippen molar-refractivity contribution in [1.29, 1.82) is 0 Å². The highest BCUT2D eigenvalue weighted by Gasteiger charge is 2.48. The molecule has 0 saturated carbocycles. The monoisotopic (exact) mass is 534 g/mol. The minimum absolute atomic E-state index is 0.0795. The van der Waals surface area contributed by atoms with E-state index in [9.17, 15) is 24.0 Å². The van der Waals surface area contributed by atoms with E-state index in [-0.39, 0.29) is 55.3 Å². The molecule has 192 valence electrons. The second-order valence-corrected chi connectivity index (χ2v) is 10.2. The van der Waals surface area contributed by atoms with Crippen molar-refractivity contribution in [2.45, 2.75) is 32.1 Å². The first-order chi connectivity index (χ1) is 17.2. The van der Waals surface area contributed by atoms with Crippen LogP contribution in [0.15, 0.2) is 24.3 Å². The number of nitrogens with one attached hydrogen (secondary N) is 1. The third-order valence-corrected chi connectivity index (χ3v) is 7.90. The Hall–Kier alpha value is -2.91. The Morgan fingerprint density at radius 1 is 0.972 bits per heavy atom. The van der Waals surface area contributed by atoms with E-state index >= 15 is 0 Å². The van der Waals surface area contributed by atoms with Crippen LogP contribution in [0, 0.1) is 5.41 Å². The van der Waals surface area contributed by atoms with Gasteiger partial charge in [-0.05, 0) is 36.6 Å². The molecule has 3 aliphatic rings. The Balaban J connectivity index is 1.24. The van der Waals surface area contributed by atoms with E-state index in [1.807, 2.05) is 0 Å². The Morgan fingerprint density at radius 2 is 1.72 bits per heavy atom. The van der Waals surface area contributed by atoms with Gasteiger partial charge in [-0.3, -0.25) is 29.3 Å². The van der Waals surface area contributed by atoms with Crippen molar-refractivity contribution in [3.63, 3.8) is 0 Å². The van der Waals surface area contributed by atoms with Gasteiger partial charge in [0.1, 0.15) is 0 Å². The zero-order valence-electron chi connectivity index (χ0n) is 19.8. The lowest BCUT2D eigenvalue weighted by Gasteiger charge is -2.37. The molecule has 0 atom stereocenters. The van der Waals surface area contributed by atoms with Crippen LogP contribution in [-0.4, -0.2) is 83.5 Å². The SMILES string of the molecule is O=C1CC2(CCN(C(=O)CCN3CCN(C(=O)C=Cc4ccc(Cl)c(Cl)c4)CCC3=O)CC2)C(=O)N1. The summed E-state index contributed by atoms with van der Waals surface area (Å²) in [7, 11) is 0. The molecule has 1 aromatic rings. The van der Waals surface area contributed by atoms with Crippen LogP contribution >= 0.6 is 23.2 Å². The minimum Gasteiger partial charge on any atom is -0.343 e. The van der Waals surface area contributed by atoms with Crippen molar-refractivity contribution in [3.8, 4) is 0 Å². The van der Waals surface area contributed by atoms with Crippen molar-refractivity contribution in [2.75, 3.05) is 39.3 Å². The van der Waals surface area contributed by atoms with Gasteiger partial charge in [0.15, 0.2) is 0 Å². The number of carbonyl (C=O) groups excluding carboxylic acids is 5. The molecule has 4 rings (SSSR count). The molecule has 36 heavy (non-hydrogen) atoms. The van der Waals surface area contributed by atoms with Crippen molar-refractivity contribution in [3.05, 3.63) is 39.9 Å². The van der Waals surface area contributed by atoms with Gasteiger partial charge in [0.25, 0.3) is 0 Å². The molecular weight excluding hydrogens is 507 g/mol. The maximum absolute atomic E-state index is 12.7. The van der Waals surface area contributed by atoms with E-state index in [1.54, 1.807) is 39.0 Å². The van der Waals surface area contributed by atoms with Crippen molar-refractivity contribution >= 4 is 58.8 Å². The summed E-state index contributed by atoms with van der Waals surface area (Å²) in [4.78, 5) is 66.7. The number of halogens is 2. The molecule has 5 amide bonds. The molecule has 0 aromatic heterocycles. The summed E-state index contributed by atoms with van der Waals surface area (Å²) < 4.78 is 0. The lowest BCUT2D eigenvalue weighted by atomic mass is 9.77. The first-order valence-corrected chi connectivity index (χ1v) is 12.7. The van der Waals surface area contributed by atoms with Gasteiger partial charge in [-0.2, -0.15) is 0 Å². The highest BCUT2D eigenvalue weighted by molar-refractivity contribution is 6.42. The van der Waals surface area contributed by atoms with Crippen LogP contribution in [0.4, 0.5) is 0 Å². The molecule has 0 aliphatic carbocycles. The van der Waals surface area contributed by atoms with Gasteiger partial charge in [0.2, 0.25) is 29.5 Å². The number of amides is 5. The number of hydrogen-bond acceptors (Lipinski definition) is 5. The van der Waals surface area contributed by atoms with E-state index in [0.29, 0.717) is 55.6 Å². The molecule has 0 radical (unpaired) electrons. The number of benzene rings is 1. The number of likely N-dealkylation sites (tertiary alicyclic amines) is 1. The van der Waals surface area contributed by atoms with Gasteiger partial charge >= 0.3 is 0 Å². The Labute approximate surface area is 219 Å². The van der Waals surface area contributed by atoms with Crippen molar-refractivity contribution < 1.29 is 24.0 Å². The van der Waals surface area contributed by atoms with Crippen LogP contribution < -0.4 is 5.32 Å². The Kier molecular flexibility index (Phi) is 8.00. The van der Waals surface area contributed by atoms with Crippen LogP contribution in [0.25, 0.3) is 6.08 Å². The molecular formula is C25H28Cl2N4O5. The summed E-state index contributed by atoms with van der Waals surface area (Å²) in [6, 6.07) is 5.08. The molecule has 0 unspecified atom stereocenters. The quantitative estimate of drug-likeness (QED) is 0.459. The average molecular weight is 535 g/mol. The van der Waals surface area contributed by atoms with E-state index in [4.69, 9.17) is 23.2 Å². The van der Waals surface area contributed by atoms with Crippen LogP contribution in [0.2, 0.25) is 10.0 Å². The van der Waals surface area contributed by atoms with E-state index in [1.165, 1.54) is 6.08 Å². The predicted octanol–water partition coefficient (Wildman–Crippen LogP) is 2.11. The first kappa shape index (κ1) is 26.2. The van der Waals surface area contributed by atoms with Gasteiger partial charge in [-0.15, -0.1) is 0 Å². The fourth-order valence-corrected chi connectivity index (χ4v) is 5.19. The normalized spacial score (nSPS) is 20.3. The molecule has 11 heteroatoms. The number of rotatable bonds is 5. The third-order valence-electron chi connectivity index (χ3n) is 7.16. The van der Waals surface area contributed by atoms with Gasteiger partial charge in [-0.1, -0.05) is 29.3 Å². The second-order valence-electron chi connectivity index (χ2n) is 9.43. The number of piperidine rings is 1. The zero-order valence-corrected chi connectivity index (χ0v) is 21.3. The number of nitrogens with zero attached hydrogens (tertiary/aromatic N) is 3. The molecule has 1 aromatic carbocycles. The summed E-state index contributed by atoms with van der Waals surface area (Å²) in [6.07, 6.45) is 4.59. The molecule has 0 bridgehead atoms. The highest BCUT2D eigenvalue weighted by atomic mass is 35.5. The summed E-state index contributed by atoms with van der Waals surface area (Å²) in [6.45, 7) is 2.15. The predicted molar refractivity (Wildman–Crippen MR) is 134 cm³/mol. The fraction of sp³-hybridized carbons (Fsp3) is 0.480. The summed E-state index contributed by atoms with van der Waals surface area (Å²) >= 11 is 11.9. The smallest absolute Gasteiger partial charge is 0.246 e. The summed E-state index contributed by atoms with van der Waals surface area (Å²) in [5.74, 6) is -0.865. The van der Waals surface area contributed by atoms with E-state index < -0.39 is 5.41 Å². The first-order valence-electron chi connectivity index (χ1n) is 12.0. The number of imide groups is 1. The molecule has 1 spiro atoms. The second kappa shape index (κ2) is 11.0. The van der Waals surface area contributed by atoms with Gasteiger partial charge in [0.05, 0.1) is 15.5 Å². The fourth-order valence-electron chi connectivity index (χ4n) is 4.88. The van der Waals surface area contributed by atoms with Crippen LogP contribution in [0.5, 0.6) is 0 Å². The molecule has 3 saturated heterocycles. The Morgan fingerprint density at radius 3 is 2.39 bits per heavy atom. The maximum Gasteiger partial charge on any atom is 0.246 e. The summed E-state index contributed by atoms with van der Waals surface area (Å²) in [5, 5.41) is 3.20. The maximum atomic E-state index is 12.7. The average Bonchev–Trinajstić information content (AvgIpc) is 3.00. The van der Waals surface area contributed by atoms with Gasteiger partial charge < -0.3 is 14.7 Å². The van der Waals surface area contributed by atoms with Crippen LogP contribution in [0.1, 0.15) is 37.7 Å². The standard InChI is InChI=1S/C25H28Cl2N4O5/c26-18-3-1-17(15-19(18)27)2-4-21(33)29-9-5-22(34)30(14-13-29)10-6-23(35)31-11-7-25(8-12-31)16-20(32)28-24(25)36/h1-4,15H,5-14,16H2,(H,28,32,36). The van der Waals surface area contributed by atoms with Crippen LogP contribution in [-0.2, 0) is 24.0 Å². The van der Waals surface area contributed by atoms with Crippen molar-refractivity contribution in [2.24, 2.45) is 5.41 Å². The van der Waals surface area contributed by atoms with Gasteiger partial charge in [-0.25, -0.2) is 0 Å². The topological polar surface area (TPSA) is 107 Å². The summed E-state index contributed by atoms with van der Waals surface area (Å²) in [5.41, 5.74) is 0.0615. The zero-order chi connectivity index (χ0) is 25.9. The van der Waals surface area contributed by atoms with Crippen molar-refractivity contribution in [1.82, 2.24) is 20.0 Å². The van der Waals surface area contributed by atoms with Gasteiger partial charge in [0, 0.05) is 64.6 Å². The Bertz CT molecular complexity index is 1110.